The maximum absolute atomic E-state index is 12.4. The van der Waals surface area contributed by atoms with Crippen LogP contribution >= 0.6 is 27.5 Å². The molecule has 0 spiro atoms. The zero-order valence-corrected chi connectivity index (χ0v) is 14.6. The van der Waals surface area contributed by atoms with Crippen molar-refractivity contribution in [1.29, 1.82) is 0 Å². The van der Waals surface area contributed by atoms with Gasteiger partial charge in [0.25, 0.3) is 0 Å². The molecule has 3 rings (SSSR count). The van der Waals surface area contributed by atoms with Crippen LogP contribution in [-0.4, -0.2) is 5.91 Å². The predicted octanol–water partition coefficient (Wildman–Crippen LogP) is 5.08. The van der Waals surface area contributed by atoms with Gasteiger partial charge < -0.3 is 5.32 Å². The summed E-state index contributed by atoms with van der Waals surface area (Å²) >= 11 is 9.74. The quantitative estimate of drug-likeness (QED) is 0.789. The van der Waals surface area contributed by atoms with Crippen LogP contribution in [0.25, 0.3) is 0 Å². The zero-order valence-electron chi connectivity index (χ0n) is 12.2. The van der Waals surface area contributed by atoms with Crippen LogP contribution in [0.5, 0.6) is 0 Å². The smallest absolute Gasteiger partial charge is 0.224 e. The van der Waals surface area contributed by atoms with Gasteiger partial charge in [-0.2, -0.15) is 0 Å². The SMILES string of the molecule is CC(NC(=O)C1CC1c1ccccc1Cl)c1ccccc1Br. The average molecular weight is 379 g/mol. The van der Waals surface area contributed by atoms with Crippen molar-refractivity contribution in [2.24, 2.45) is 5.92 Å². The Morgan fingerprint density at radius 2 is 1.91 bits per heavy atom. The van der Waals surface area contributed by atoms with Crippen molar-refractivity contribution < 1.29 is 4.79 Å². The van der Waals surface area contributed by atoms with Gasteiger partial charge in [0, 0.05) is 15.4 Å². The first-order chi connectivity index (χ1) is 10.6. The highest BCUT2D eigenvalue weighted by Crippen LogP contribution is 2.49. The summed E-state index contributed by atoms with van der Waals surface area (Å²) in [5, 5.41) is 3.86. The maximum Gasteiger partial charge on any atom is 0.224 e. The fourth-order valence-corrected chi connectivity index (χ4v) is 3.73. The van der Waals surface area contributed by atoms with Crippen molar-refractivity contribution in [2.75, 3.05) is 0 Å². The highest BCUT2D eigenvalue weighted by molar-refractivity contribution is 9.10. The fourth-order valence-electron chi connectivity index (χ4n) is 2.83. The van der Waals surface area contributed by atoms with Crippen LogP contribution in [0.4, 0.5) is 0 Å². The molecule has 1 N–H and O–H groups in total. The molecule has 0 aliphatic heterocycles. The van der Waals surface area contributed by atoms with Crippen LogP contribution in [0.2, 0.25) is 5.02 Å². The third kappa shape index (κ3) is 3.21. The Morgan fingerprint density at radius 3 is 2.64 bits per heavy atom. The van der Waals surface area contributed by atoms with Crippen LogP contribution in [0.1, 0.15) is 36.4 Å². The number of hydrogen-bond acceptors (Lipinski definition) is 1. The first-order valence-corrected chi connectivity index (χ1v) is 8.54. The van der Waals surface area contributed by atoms with Gasteiger partial charge in [-0.1, -0.05) is 63.9 Å². The molecule has 2 aromatic rings. The van der Waals surface area contributed by atoms with E-state index in [1.807, 2.05) is 55.5 Å². The summed E-state index contributed by atoms with van der Waals surface area (Å²) in [7, 11) is 0. The van der Waals surface area contributed by atoms with Crippen molar-refractivity contribution in [1.82, 2.24) is 5.32 Å². The molecule has 22 heavy (non-hydrogen) atoms. The zero-order chi connectivity index (χ0) is 15.7. The Hall–Kier alpha value is -1.32. The Kier molecular flexibility index (Phi) is 4.55. The molecule has 114 valence electrons. The van der Waals surface area contributed by atoms with E-state index in [2.05, 4.69) is 21.2 Å². The van der Waals surface area contributed by atoms with Crippen LogP contribution in [0, 0.1) is 5.92 Å². The summed E-state index contributed by atoms with van der Waals surface area (Å²) in [6.07, 6.45) is 0.873. The van der Waals surface area contributed by atoms with E-state index >= 15 is 0 Å². The van der Waals surface area contributed by atoms with Gasteiger partial charge in [0.15, 0.2) is 0 Å². The number of carbonyl (C=O) groups is 1. The lowest BCUT2D eigenvalue weighted by Crippen LogP contribution is -2.28. The van der Waals surface area contributed by atoms with Gasteiger partial charge in [-0.15, -0.1) is 0 Å². The van der Waals surface area contributed by atoms with E-state index in [0.29, 0.717) is 0 Å². The largest absolute Gasteiger partial charge is 0.349 e. The monoisotopic (exact) mass is 377 g/mol. The van der Waals surface area contributed by atoms with Gasteiger partial charge in [-0.05, 0) is 42.5 Å². The van der Waals surface area contributed by atoms with Gasteiger partial charge in [0.2, 0.25) is 5.91 Å². The third-order valence-corrected chi connectivity index (χ3v) is 5.23. The van der Waals surface area contributed by atoms with Gasteiger partial charge >= 0.3 is 0 Å². The molecule has 1 aliphatic carbocycles. The highest BCUT2D eigenvalue weighted by Gasteiger charge is 2.45. The first kappa shape index (κ1) is 15.6. The van der Waals surface area contributed by atoms with E-state index in [0.717, 1.165) is 27.0 Å². The van der Waals surface area contributed by atoms with Crippen molar-refractivity contribution in [3.05, 3.63) is 69.2 Å². The Balaban J connectivity index is 1.65. The molecule has 4 heteroatoms. The van der Waals surface area contributed by atoms with E-state index in [-0.39, 0.29) is 23.8 Å². The lowest BCUT2D eigenvalue weighted by Gasteiger charge is -2.16. The Labute approximate surface area is 144 Å². The van der Waals surface area contributed by atoms with Crippen molar-refractivity contribution in [3.63, 3.8) is 0 Å². The molecular formula is C18H17BrClNO. The normalized spacial score (nSPS) is 21.2. The van der Waals surface area contributed by atoms with Gasteiger partial charge in [-0.3, -0.25) is 4.79 Å². The molecule has 0 bridgehead atoms. The lowest BCUT2D eigenvalue weighted by molar-refractivity contribution is -0.123. The maximum atomic E-state index is 12.4. The van der Waals surface area contributed by atoms with E-state index < -0.39 is 0 Å². The van der Waals surface area contributed by atoms with E-state index in [1.54, 1.807) is 0 Å². The predicted molar refractivity (Wildman–Crippen MR) is 93.0 cm³/mol. The number of benzene rings is 2. The van der Waals surface area contributed by atoms with Crippen molar-refractivity contribution in [2.45, 2.75) is 25.3 Å². The molecule has 0 heterocycles. The van der Waals surface area contributed by atoms with Crippen LogP contribution in [0.15, 0.2) is 53.0 Å². The molecule has 0 radical (unpaired) electrons. The molecule has 2 aromatic carbocycles. The number of nitrogens with one attached hydrogen (secondary N) is 1. The van der Waals surface area contributed by atoms with Gasteiger partial charge in [0.1, 0.15) is 0 Å². The van der Waals surface area contributed by atoms with E-state index in [4.69, 9.17) is 11.6 Å². The lowest BCUT2D eigenvalue weighted by atomic mass is 10.1. The van der Waals surface area contributed by atoms with Crippen LogP contribution in [0.3, 0.4) is 0 Å². The first-order valence-electron chi connectivity index (χ1n) is 7.37. The summed E-state index contributed by atoms with van der Waals surface area (Å²) in [6, 6.07) is 15.7. The molecule has 1 amide bonds. The molecule has 1 aliphatic rings. The average Bonchev–Trinajstić information content (AvgIpc) is 3.28. The van der Waals surface area contributed by atoms with E-state index in [9.17, 15) is 4.79 Å². The minimum Gasteiger partial charge on any atom is -0.349 e. The van der Waals surface area contributed by atoms with Crippen LogP contribution in [-0.2, 0) is 4.79 Å². The molecule has 1 fully saturated rings. The molecule has 2 nitrogen and oxygen atoms in total. The second kappa shape index (κ2) is 6.43. The topological polar surface area (TPSA) is 29.1 Å². The molecule has 0 aromatic heterocycles. The van der Waals surface area contributed by atoms with Crippen molar-refractivity contribution >= 4 is 33.4 Å². The summed E-state index contributed by atoms with van der Waals surface area (Å²) in [5.41, 5.74) is 2.17. The minimum absolute atomic E-state index is 0.0180. The second-order valence-electron chi connectivity index (χ2n) is 5.72. The second-order valence-corrected chi connectivity index (χ2v) is 6.98. The van der Waals surface area contributed by atoms with Crippen LogP contribution < -0.4 is 5.32 Å². The molecule has 0 saturated heterocycles. The van der Waals surface area contributed by atoms with Crippen molar-refractivity contribution in [3.8, 4) is 0 Å². The Bertz CT molecular complexity index is 703. The Morgan fingerprint density at radius 1 is 1.23 bits per heavy atom. The summed E-state index contributed by atoms with van der Waals surface area (Å²) in [6.45, 7) is 2.00. The van der Waals surface area contributed by atoms with Gasteiger partial charge in [-0.25, -0.2) is 0 Å². The molecule has 3 atom stereocenters. The number of rotatable bonds is 4. The molecule has 3 unspecified atom stereocenters. The number of carbonyl (C=O) groups excluding carboxylic acids is 1. The fraction of sp³-hybridized carbons (Fsp3) is 0.278. The molecule has 1 saturated carbocycles. The van der Waals surface area contributed by atoms with Gasteiger partial charge in [0.05, 0.1) is 6.04 Å². The minimum atomic E-state index is -0.0180. The third-order valence-electron chi connectivity index (χ3n) is 4.16. The number of halogens is 2. The summed E-state index contributed by atoms with van der Waals surface area (Å²) < 4.78 is 1.02. The molecular weight excluding hydrogens is 362 g/mol. The highest BCUT2D eigenvalue weighted by atomic mass is 79.9. The summed E-state index contributed by atoms with van der Waals surface area (Å²) in [4.78, 5) is 12.4. The number of amides is 1. The standard InChI is InChI=1S/C18H17BrClNO/c1-11(12-6-2-4-8-16(12)19)21-18(22)15-10-14(15)13-7-3-5-9-17(13)20/h2-9,11,14-15H,10H2,1H3,(H,21,22). The van der Waals surface area contributed by atoms with E-state index in [1.165, 1.54) is 0 Å². The summed E-state index contributed by atoms with van der Waals surface area (Å²) in [5.74, 6) is 0.387. The number of hydrogen-bond donors (Lipinski definition) is 1.